The molecule has 0 aromatic carbocycles. The van der Waals surface area contributed by atoms with Crippen molar-refractivity contribution in [1.29, 1.82) is 0 Å². The lowest BCUT2D eigenvalue weighted by Gasteiger charge is -2.24. The van der Waals surface area contributed by atoms with Crippen LogP contribution in [0.2, 0.25) is 0 Å². The molecule has 0 fully saturated rings. The van der Waals surface area contributed by atoms with Gasteiger partial charge in [-0.05, 0) is 6.92 Å². The van der Waals surface area contributed by atoms with Crippen LogP contribution in [0.4, 0.5) is 0 Å². The average molecular weight is 544 g/mol. The van der Waals surface area contributed by atoms with Crippen LogP contribution in [0.25, 0.3) is 0 Å². The highest BCUT2D eigenvalue weighted by molar-refractivity contribution is 9.41. The monoisotopic (exact) mass is 538 g/mol. The number of halogens is 6. The fourth-order valence-electron chi connectivity index (χ4n) is 0.488. The Hall–Kier alpha value is 2.62. The predicted molar refractivity (Wildman–Crippen MR) is 72.8 cm³/mol. The van der Waals surface area contributed by atoms with Gasteiger partial charge in [-0.15, -0.1) is 0 Å². The van der Waals surface area contributed by atoms with E-state index in [9.17, 15) is 0 Å². The third-order valence-corrected chi connectivity index (χ3v) is 3.46. The molecule has 6 heteroatoms. The molecule has 0 unspecified atom stereocenters. The van der Waals surface area contributed by atoms with Crippen LogP contribution in [0.15, 0.2) is 11.6 Å². The lowest BCUT2D eigenvalue weighted by Crippen LogP contribution is -2.17. The van der Waals surface area contributed by atoms with Gasteiger partial charge in [0, 0.05) is 5.57 Å². The molecule has 0 aromatic rings. The molecule has 66 valence electrons. The van der Waals surface area contributed by atoms with Crippen LogP contribution in [0.5, 0.6) is 0 Å². The van der Waals surface area contributed by atoms with Crippen molar-refractivity contribution in [3.8, 4) is 0 Å². The number of rotatable bonds is 0. The predicted octanol–water partition coefficient (Wildman–Crippen LogP) is 5.61. The van der Waals surface area contributed by atoms with E-state index in [-0.39, 0.29) is 0 Å². The Morgan fingerprint density at radius 3 is 1.18 bits per heavy atom. The highest BCUT2D eigenvalue weighted by Gasteiger charge is 2.36. The van der Waals surface area contributed by atoms with Crippen LogP contribution in [-0.4, -0.2) is 4.29 Å². The minimum atomic E-state index is -0.391. The maximum atomic E-state index is 3.42. The van der Waals surface area contributed by atoms with Crippen LogP contribution < -0.4 is 0 Å². The van der Waals surface area contributed by atoms with Gasteiger partial charge in [0.15, 0.2) is 4.29 Å². The normalized spacial score (nSPS) is 13.0. The van der Waals surface area contributed by atoms with E-state index in [2.05, 4.69) is 95.6 Å². The van der Waals surface area contributed by atoms with E-state index in [0.29, 0.717) is 0 Å². The lowest BCUT2D eigenvalue weighted by molar-refractivity contribution is 1.28. The zero-order valence-electron chi connectivity index (χ0n) is 5.35. The summed E-state index contributed by atoms with van der Waals surface area (Å²) >= 11 is 20.5. The molecule has 0 radical (unpaired) electrons. The zero-order chi connectivity index (χ0) is 9.28. The summed E-state index contributed by atoms with van der Waals surface area (Å²) in [6, 6.07) is 0. The van der Waals surface area contributed by atoms with E-state index in [0.717, 1.165) is 5.57 Å². The smallest absolute Gasteiger partial charge is 0.0822 e. The van der Waals surface area contributed by atoms with Crippen LogP contribution in [0, 0.1) is 0 Å². The topological polar surface area (TPSA) is 0 Å². The van der Waals surface area contributed by atoms with E-state index in [1.165, 1.54) is 0 Å². The first-order valence-electron chi connectivity index (χ1n) is 2.50. The minimum absolute atomic E-state index is 0.391. The van der Waals surface area contributed by atoms with Gasteiger partial charge in [-0.1, -0.05) is 102 Å². The SMILES string of the molecule is CC=C(C(Br)(Br)Br)C(Br)(Br)Br. The molecule has 0 atom stereocenters. The molecule has 0 heterocycles. The van der Waals surface area contributed by atoms with Crippen molar-refractivity contribution in [2.24, 2.45) is 0 Å². The van der Waals surface area contributed by atoms with Gasteiger partial charge in [0.25, 0.3) is 0 Å². The Morgan fingerprint density at radius 2 is 1.18 bits per heavy atom. The van der Waals surface area contributed by atoms with E-state index in [4.69, 9.17) is 0 Å². The number of alkyl halides is 6. The van der Waals surface area contributed by atoms with Gasteiger partial charge >= 0.3 is 0 Å². The van der Waals surface area contributed by atoms with Crippen LogP contribution in [0.1, 0.15) is 6.92 Å². The third-order valence-electron chi connectivity index (χ3n) is 0.899. The molecule has 11 heavy (non-hydrogen) atoms. The first kappa shape index (κ1) is 13.6. The largest absolute Gasteiger partial charge is 0.158 e. The van der Waals surface area contributed by atoms with Crippen molar-refractivity contribution in [2.75, 3.05) is 0 Å². The fourth-order valence-corrected chi connectivity index (χ4v) is 6.04. The van der Waals surface area contributed by atoms with Crippen LogP contribution >= 0.6 is 95.6 Å². The number of hydrogen-bond acceptors (Lipinski definition) is 0. The van der Waals surface area contributed by atoms with Crippen molar-refractivity contribution in [1.82, 2.24) is 0 Å². The van der Waals surface area contributed by atoms with Crippen LogP contribution in [0.3, 0.4) is 0 Å². The standard InChI is InChI=1S/C5H4Br6/c1-2-3(4(6,7)8)5(9,10)11/h2H,1H3. The summed E-state index contributed by atoms with van der Waals surface area (Å²) in [5.41, 5.74) is 1.03. The molecule has 0 saturated carbocycles. The molecule has 0 spiro atoms. The van der Waals surface area contributed by atoms with Crippen LogP contribution in [-0.2, 0) is 0 Å². The Labute approximate surface area is 117 Å². The quantitative estimate of drug-likeness (QED) is 0.275. The highest BCUT2D eigenvalue weighted by atomic mass is 80.0. The third kappa shape index (κ3) is 5.15. The molecule has 0 aliphatic heterocycles. The Balaban J connectivity index is 4.74. The maximum Gasteiger partial charge on any atom is 0.158 e. The highest BCUT2D eigenvalue weighted by Crippen LogP contribution is 2.53. The van der Waals surface area contributed by atoms with E-state index in [1.54, 1.807) is 0 Å². The summed E-state index contributed by atoms with van der Waals surface area (Å²) in [5, 5.41) is 0. The summed E-state index contributed by atoms with van der Waals surface area (Å²) in [7, 11) is 0. The number of allylic oxidation sites excluding steroid dienone is 2. The van der Waals surface area contributed by atoms with Gasteiger partial charge in [0.1, 0.15) is 0 Å². The van der Waals surface area contributed by atoms with Crippen molar-refractivity contribution in [3.63, 3.8) is 0 Å². The Morgan fingerprint density at radius 1 is 0.909 bits per heavy atom. The zero-order valence-corrected chi connectivity index (χ0v) is 14.9. The maximum absolute atomic E-state index is 3.42. The molecule has 0 saturated heterocycles. The van der Waals surface area contributed by atoms with Gasteiger partial charge in [-0.25, -0.2) is 0 Å². The molecule has 0 amide bonds. The first-order valence-corrected chi connectivity index (χ1v) is 7.26. The van der Waals surface area contributed by atoms with Gasteiger partial charge in [0.2, 0.25) is 0 Å². The summed E-state index contributed by atoms with van der Waals surface area (Å²) in [5.74, 6) is 0. The van der Waals surface area contributed by atoms with Gasteiger partial charge in [0.05, 0.1) is 0 Å². The molecular formula is C5H4Br6. The van der Waals surface area contributed by atoms with E-state index in [1.807, 2.05) is 13.0 Å². The molecule has 0 rings (SSSR count). The molecule has 0 aliphatic carbocycles. The molecule has 0 N–H and O–H groups in total. The number of hydrogen-bond donors (Lipinski definition) is 0. The minimum Gasteiger partial charge on any atom is -0.0822 e. The van der Waals surface area contributed by atoms with Gasteiger partial charge in [-0.3, -0.25) is 0 Å². The lowest BCUT2D eigenvalue weighted by atomic mass is 10.3. The van der Waals surface area contributed by atoms with Gasteiger partial charge < -0.3 is 0 Å². The van der Waals surface area contributed by atoms with Crippen molar-refractivity contribution < 1.29 is 0 Å². The van der Waals surface area contributed by atoms with Crippen molar-refractivity contribution in [3.05, 3.63) is 11.6 Å². The molecule has 0 aromatic heterocycles. The second-order valence-electron chi connectivity index (χ2n) is 1.70. The Kier molecular flexibility index (Phi) is 6.09. The van der Waals surface area contributed by atoms with Crippen molar-refractivity contribution in [2.45, 2.75) is 11.2 Å². The fraction of sp³-hybridized carbons (Fsp3) is 0.600. The molecule has 0 bridgehead atoms. The molecule has 0 aliphatic rings. The second-order valence-corrected chi connectivity index (χ2v) is 15.2. The molecular weight excluding hydrogens is 539 g/mol. The second kappa shape index (κ2) is 4.91. The summed E-state index contributed by atoms with van der Waals surface area (Å²) in [4.78, 5) is 0. The Bertz CT molecular complexity index is 143. The first-order chi connectivity index (χ1) is 4.69. The molecule has 0 nitrogen and oxygen atoms in total. The van der Waals surface area contributed by atoms with E-state index >= 15 is 0 Å². The summed E-state index contributed by atoms with van der Waals surface area (Å²) in [6.45, 7) is 1.95. The summed E-state index contributed by atoms with van der Waals surface area (Å²) in [6.07, 6.45) is 1.97. The van der Waals surface area contributed by atoms with E-state index < -0.39 is 4.29 Å². The van der Waals surface area contributed by atoms with Crippen molar-refractivity contribution >= 4 is 95.6 Å². The average Bonchev–Trinajstić information content (AvgIpc) is 1.56. The van der Waals surface area contributed by atoms with Gasteiger partial charge in [-0.2, -0.15) is 0 Å². The summed E-state index contributed by atoms with van der Waals surface area (Å²) < 4.78 is -0.781.